The van der Waals surface area contributed by atoms with Gasteiger partial charge in [0, 0.05) is 0 Å². The summed E-state index contributed by atoms with van der Waals surface area (Å²) in [6, 6.07) is 7.50. The van der Waals surface area contributed by atoms with Crippen LogP contribution in [0.3, 0.4) is 0 Å². The highest BCUT2D eigenvalue weighted by molar-refractivity contribution is 5.85. The molecule has 4 heteroatoms. The third kappa shape index (κ3) is 3.83. The van der Waals surface area contributed by atoms with Crippen molar-refractivity contribution in [2.24, 2.45) is 0 Å². The number of ether oxygens (including phenoxy) is 1. The number of carbonyl (C=O) groups is 1. The first-order valence-corrected chi connectivity index (χ1v) is 5.06. The third-order valence-electron chi connectivity index (χ3n) is 2.26. The number of benzene rings is 1. The van der Waals surface area contributed by atoms with Gasteiger partial charge >= 0.3 is 5.97 Å². The van der Waals surface area contributed by atoms with Gasteiger partial charge in [0.2, 0.25) is 0 Å². The van der Waals surface area contributed by atoms with Crippen LogP contribution in [0.1, 0.15) is 24.1 Å². The Morgan fingerprint density at radius 2 is 1.94 bits per heavy atom. The van der Waals surface area contributed by atoms with Crippen LogP contribution in [0.15, 0.2) is 24.3 Å². The molecule has 90 valence electrons. The first kappa shape index (κ1) is 14.9. The molecule has 0 saturated heterocycles. The minimum absolute atomic E-state index is 0. The lowest BCUT2D eigenvalue weighted by Crippen LogP contribution is -2.29. The van der Waals surface area contributed by atoms with Gasteiger partial charge in [-0.1, -0.05) is 36.8 Å². The molecule has 1 N–H and O–H groups in total. The molecule has 0 saturated carbocycles. The Balaban J connectivity index is 0.00000225. The number of halogens is 1. The van der Waals surface area contributed by atoms with Crippen LogP contribution in [0.2, 0.25) is 0 Å². The summed E-state index contributed by atoms with van der Waals surface area (Å²) in [6.07, 6.45) is 0. The maximum absolute atomic E-state index is 11.5. The summed E-state index contributed by atoms with van der Waals surface area (Å²) in [5, 5.41) is 3.09. The Bertz CT molecular complexity index is 324. The van der Waals surface area contributed by atoms with Gasteiger partial charge in [-0.3, -0.25) is 0 Å². The van der Waals surface area contributed by atoms with Gasteiger partial charge in [0.1, 0.15) is 6.04 Å². The molecule has 0 bridgehead atoms. The number of nitrogens with one attached hydrogen (secondary N) is 1. The second kappa shape index (κ2) is 7.25. The number of hydrogen-bond acceptors (Lipinski definition) is 3. The summed E-state index contributed by atoms with van der Waals surface area (Å²) in [4.78, 5) is 11.5. The van der Waals surface area contributed by atoms with E-state index in [1.54, 1.807) is 0 Å². The quantitative estimate of drug-likeness (QED) is 0.825. The molecule has 0 aliphatic rings. The van der Waals surface area contributed by atoms with Crippen LogP contribution >= 0.6 is 12.4 Å². The molecule has 0 heterocycles. The van der Waals surface area contributed by atoms with Crippen LogP contribution in [0.4, 0.5) is 0 Å². The summed E-state index contributed by atoms with van der Waals surface area (Å²) in [5.74, 6) is -0.249. The first-order valence-electron chi connectivity index (χ1n) is 5.06. The SMILES string of the molecule is CCNC(C(=O)OC)c1ccc(C)cc1.Cl. The zero-order valence-corrected chi connectivity index (χ0v) is 10.6. The van der Waals surface area contributed by atoms with Gasteiger partial charge in [-0.2, -0.15) is 0 Å². The van der Waals surface area contributed by atoms with Crippen LogP contribution in [0, 0.1) is 6.92 Å². The number of methoxy groups -OCH3 is 1. The van der Waals surface area contributed by atoms with Crippen molar-refractivity contribution in [3.63, 3.8) is 0 Å². The van der Waals surface area contributed by atoms with Gasteiger partial charge in [0.25, 0.3) is 0 Å². The fourth-order valence-corrected chi connectivity index (χ4v) is 1.42. The van der Waals surface area contributed by atoms with E-state index in [1.807, 2.05) is 38.1 Å². The molecular formula is C12H18ClNO2. The van der Waals surface area contributed by atoms with Crippen LogP contribution in [0.25, 0.3) is 0 Å². The van der Waals surface area contributed by atoms with Gasteiger partial charge < -0.3 is 10.1 Å². The summed E-state index contributed by atoms with van der Waals surface area (Å²) in [6.45, 7) is 4.71. The van der Waals surface area contributed by atoms with E-state index in [0.29, 0.717) is 0 Å². The zero-order valence-electron chi connectivity index (χ0n) is 9.82. The van der Waals surface area contributed by atoms with E-state index in [4.69, 9.17) is 4.74 Å². The van der Waals surface area contributed by atoms with E-state index in [-0.39, 0.29) is 24.4 Å². The second-order valence-electron chi connectivity index (χ2n) is 3.42. The molecule has 0 spiro atoms. The van der Waals surface area contributed by atoms with Crippen molar-refractivity contribution in [2.45, 2.75) is 19.9 Å². The summed E-state index contributed by atoms with van der Waals surface area (Å²) >= 11 is 0. The minimum atomic E-state index is -0.361. The molecule has 1 atom stereocenters. The van der Waals surface area contributed by atoms with Crippen molar-refractivity contribution in [3.05, 3.63) is 35.4 Å². The van der Waals surface area contributed by atoms with Crippen LogP contribution < -0.4 is 5.32 Å². The lowest BCUT2D eigenvalue weighted by Gasteiger charge is -2.15. The van der Waals surface area contributed by atoms with Gasteiger partial charge in [-0.25, -0.2) is 4.79 Å². The van der Waals surface area contributed by atoms with E-state index in [9.17, 15) is 4.79 Å². The molecule has 0 amide bonds. The highest BCUT2D eigenvalue weighted by Gasteiger charge is 2.19. The number of esters is 1. The average molecular weight is 244 g/mol. The van der Waals surface area contributed by atoms with Crippen molar-refractivity contribution in [2.75, 3.05) is 13.7 Å². The zero-order chi connectivity index (χ0) is 11.3. The van der Waals surface area contributed by atoms with Crippen LogP contribution in [-0.2, 0) is 9.53 Å². The van der Waals surface area contributed by atoms with Crippen LogP contribution in [0.5, 0.6) is 0 Å². The Labute approximate surface area is 103 Å². The van der Waals surface area contributed by atoms with E-state index in [0.717, 1.165) is 12.1 Å². The minimum Gasteiger partial charge on any atom is -0.468 e. The molecule has 3 nitrogen and oxygen atoms in total. The number of hydrogen-bond donors (Lipinski definition) is 1. The van der Waals surface area contributed by atoms with Gasteiger partial charge in [-0.05, 0) is 19.0 Å². The molecular weight excluding hydrogens is 226 g/mol. The number of rotatable bonds is 4. The van der Waals surface area contributed by atoms with Crippen molar-refractivity contribution < 1.29 is 9.53 Å². The van der Waals surface area contributed by atoms with E-state index >= 15 is 0 Å². The maximum atomic E-state index is 11.5. The Morgan fingerprint density at radius 3 is 2.38 bits per heavy atom. The van der Waals surface area contributed by atoms with Crippen LogP contribution in [-0.4, -0.2) is 19.6 Å². The molecule has 0 fully saturated rings. The predicted octanol–water partition coefficient (Wildman–Crippen LogP) is 2.24. The molecule has 0 aliphatic carbocycles. The number of likely N-dealkylation sites (N-methyl/N-ethyl adjacent to an activating group) is 1. The van der Waals surface area contributed by atoms with E-state index in [2.05, 4.69) is 5.32 Å². The molecule has 16 heavy (non-hydrogen) atoms. The lowest BCUT2D eigenvalue weighted by atomic mass is 10.1. The average Bonchev–Trinajstić information content (AvgIpc) is 2.26. The Kier molecular flexibility index (Phi) is 6.77. The Hall–Kier alpha value is -1.06. The predicted molar refractivity (Wildman–Crippen MR) is 66.9 cm³/mol. The monoisotopic (exact) mass is 243 g/mol. The standard InChI is InChI=1S/C12H17NO2.ClH/c1-4-13-11(12(14)15-3)10-7-5-9(2)6-8-10;/h5-8,11,13H,4H2,1-3H3;1H. The molecule has 1 aromatic carbocycles. The molecule has 1 unspecified atom stereocenters. The lowest BCUT2D eigenvalue weighted by molar-refractivity contribution is -0.143. The number of aryl methyl sites for hydroxylation is 1. The van der Waals surface area contributed by atoms with Gasteiger partial charge in [0.15, 0.2) is 0 Å². The van der Waals surface area contributed by atoms with Crippen molar-refractivity contribution >= 4 is 18.4 Å². The highest BCUT2D eigenvalue weighted by atomic mass is 35.5. The number of carbonyl (C=O) groups excluding carboxylic acids is 1. The fraction of sp³-hybridized carbons (Fsp3) is 0.417. The fourth-order valence-electron chi connectivity index (χ4n) is 1.42. The third-order valence-corrected chi connectivity index (χ3v) is 2.26. The highest BCUT2D eigenvalue weighted by Crippen LogP contribution is 2.15. The largest absolute Gasteiger partial charge is 0.468 e. The van der Waals surface area contributed by atoms with E-state index < -0.39 is 0 Å². The molecule has 1 rings (SSSR count). The van der Waals surface area contributed by atoms with Crippen molar-refractivity contribution in [1.82, 2.24) is 5.32 Å². The van der Waals surface area contributed by atoms with Crippen molar-refractivity contribution in [1.29, 1.82) is 0 Å². The summed E-state index contributed by atoms with van der Waals surface area (Å²) < 4.78 is 4.75. The summed E-state index contributed by atoms with van der Waals surface area (Å²) in [7, 11) is 1.40. The smallest absolute Gasteiger partial charge is 0.327 e. The molecule has 1 aromatic rings. The van der Waals surface area contributed by atoms with Gasteiger partial charge in [0.05, 0.1) is 7.11 Å². The first-order chi connectivity index (χ1) is 7.19. The Morgan fingerprint density at radius 1 is 1.38 bits per heavy atom. The molecule has 0 radical (unpaired) electrons. The molecule has 0 aromatic heterocycles. The van der Waals surface area contributed by atoms with E-state index in [1.165, 1.54) is 12.7 Å². The maximum Gasteiger partial charge on any atom is 0.327 e. The second-order valence-corrected chi connectivity index (χ2v) is 3.42. The van der Waals surface area contributed by atoms with Gasteiger partial charge in [-0.15, -0.1) is 12.4 Å². The van der Waals surface area contributed by atoms with Crippen molar-refractivity contribution in [3.8, 4) is 0 Å². The topological polar surface area (TPSA) is 38.3 Å². The molecule has 0 aliphatic heterocycles. The summed E-state index contributed by atoms with van der Waals surface area (Å²) in [5.41, 5.74) is 2.12. The normalized spacial score (nSPS) is 11.4.